The molecule has 2 atom stereocenters. The van der Waals surface area contributed by atoms with E-state index in [4.69, 9.17) is 0 Å². The molecular formula is C15H22N2O2. The number of rotatable bonds is 5. The van der Waals surface area contributed by atoms with Gasteiger partial charge >= 0.3 is 5.97 Å². The van der Waals surface area contributed by atoms with Gasteiger partial charge < -0.3 is 15.3 Å². The third kappa shape index (κ3) is 3.07. The monoisotopic (exact) mass is 262 g/mol. The van der Waals surface area contributed by atoms with Crippen LogP contribution in [-0.2, 0) is 11.2 Å². The lowest BCUT2D eigenvalue weighted by atomic mass is 10.1. The lowest BCUT2D eigenvalue weighted by Crippen LogP contribution is -2.50. The SMILES string of the molecule is CC(C)NC(CN1c2ccccc2CC1C)C(=O)O. The summed E-state index contributed by atoms with van der Waals surface area (Å²) in [5, 5.41) is 12.4. The number of para-hydroxylation sites is 1. The molecule has 1 aromatic carbocycles. The van der Waals surface area contributed by atoms with Crippen LogP contribution in [-0.4, -0.2) is 35.7 Å². The van der Waals surface area contributed by atoms with Crippen LogP contribution in [0.15, 0.2) is 24.3 Å². The van der Waals surface area contributed by atoms with E-state index >= 15 is 0 Å². The highest BCUT2D eigenvalue weighted by atomic mass is 16.4. The number of carbonyl (C=O) groups is 1. The molecule has 0 spiro atoms. The number of aliphatic carboxylic acids is 1. The molecule has 0 saturated heterocycles. The molecule has 1 aliphatic heterocycles. The molecule has 2 N–H and O–H groups in total. The van der Waals surface area contributed by atoms with Crippen LogP contribution in [0, 0.1) is 0 Å². The highest BCUT2D eigenvalue weighted by molar-refractivity contribution is 5.75. The number of hydrogen-bond acceptors (Lipinski definition) is 3. The van der Waals surface area contributed by atoms with Gasteiger partial charge in [0.15, 0.2) is 0 Å². The van der Waals surface area contributed by atoms with Crippen LogP contribution in [0.5, 0.6) is 0 Å². The van der Waals surface area contributed by atoms with Gasteiger partial charge in [-0.2, -0.15) is 0 Å². The summed E-state index contributed by atoms with van der Waals surface area (Å²) in [5.74, 6) is -0.787. The van der Waals surface area contributed by atoms with Crippen molar-refractivity contribution in [3.8, 4) is 0 Å². The molecule has 1 aromatic rings. The topological polar surface area (TPSA) is 52.6 Å². The zero-order valence-corrected chi connectivity index (χ0v) is 11.8. The van der Waals surface area contributed by atoms with Gasteiger partial charge in [0.2, 0.25) is 0 Å². The van der Waals surface area contributed by atoms with E-state index in [1.54, 1.807) is 0 Å². The molecule has 0 aromatic heterocycles. The Labute approximate surface area is 114 Å². The van der Waals surface area contributed by atoms with Gasteiger partial charge in [-0.15, -0.1) is 0 Å². The molecule has 2 rings (SSSR count). The quantitative estimate of drug-likeness (QED) is 0.851. The number of nitrogens with zero attached hydrogens (tertiary/aromatic N) is 1. The van der Waals surface area contributed by atoms with Crippen LogP contribution in [0.4, 0.5) is 5.69 Å². The number of fused-ring (bicyclic) bond motifs is 1. The summed E-state index contributed by atoms with van der Waals surface area (Å²) < 4.78 is 0. The number of benzene rings is 1. The van der Waals surface area contributed by atoms with Crippen molar-refractivity contribution in [2.75, 3.05) is 11.4 Å². The fraction of sp³-hybridized carbons (Fsp3) is 0.533. The minimum atomic E-state index is -0.787. The average molecular weight is 262 g/mol. The summed E-state index contributed by atoms with van der Waals surface area (Å²) in [7, 11) is 0. The van der Waals surface area contributed by atoms with Gasteiger partial charge in [0.05, 0.1) is 0 Å². The van der Waals surface area contributed by atoms with Gasteiger partial charge in [-0.25, -0.2) is 0 Å². The van der Waals surface area contributed by atoms with Crippen molar-refractivity contribution in [1.29, 1.82) is 0 Å². The molecule has 0 amide bonds. The Balaban J connectivity index is 2.15. The molecule has 1 heterocycles. The molecule has 19 heavy (non-hydrogen) atoms. The average Bonchev–Trinajstić information content (AvgIpc) is 2.64. The summed E-state index contributed by atoms with van der Waals surface area (Å²) in [4.78, 5) is 13.6. The van der Waals surface area contributed by atoms with E-state index in [-0.39, 0.29) is 6.04 Å². The normalized spacial score (nSPS) is 19.6. The number of anilines is 1. The second-order valence-electron chi connectivity index (χ2n) is 5.55. The number of carboxylic acids is 1. The molecule has 0 bridgehead atoms. The minimum Gasteiger partial charge on any atom is -0.480 e. The third-order valence-corrected chi connectivity index (χ3v) is 3.56. The van der Waals surface area contributed by atoms with Gasteiger partial charge in [0, 0.05) is 24.3 Å². The molecule has 0 aliphatic carbocycles. The molecule has 4 heteroatoms. The van der Waals surface area contributed by atoms with E-state index in [1.807, 2.05) is 26.0 Å². The van der Waals surface area contributed by atoms with Crippen LogP contribution < -0.4 is 10.2 Å². The van der Waals surface area contributed by atoms with Crippen LogP contribution in [0.2, 0.25) is 0 Å². The van der Waals surface area contributed by atoms with E-state index in [9.17, 15) is 9.90 Å². The smallest absolute Gasteiger partial charge is 0.322 e. The van der Waals surface area contributed by atoms with Crippen LogP contribution in [0.25, 0.3) is 0 Å². The van der Waals surface area contributed by atoms with Crippen LogP contribution in [0.1, 0.15) is 26.3 Å². The van der Waals surface area contributed by atoms with Crippen molar-refractivity contribution in [2.45, 2.75) is 45.3 Å². The lowest BCUT2D eigenvalue weighted by molar-refractivity contribution is -0.139. The van der Waals surface area contributed by atoms with Crippen molar-refractivity contribution in [2.24, 2.45) is 0 Å². The Morgan fingerprint density at radius 2 is 2.16 bits per heavy atom. The molecular weight excluding hydrogens is 240 g/mol. The zero-order valence-electron chi connectivity index (χ0n) is 11.8. The summed E-state index contributed by atoms with van der Waals surface area (Å²) in [6.07, 6.45) is 0.990. The second kappa shape index (κ2) is 5.61. The highest BCUT2D eigenvalue weighted by Crippen LogP contribution is 2.31. The lowest BCUT2D eigenvalue weighted by Gasteiger charge is -2.29. The van der Waals surface area contributed by atoms with E-state index < -0.39 is 12.0 Å². The van der Waals surface area contributed by atoms with Crippen molar-refractivity contribution in [3.05, 3.63) is 29.8 Å². The predicted molar refractivity (Wildman–Crippen MR) is 76.6 cm³/mol. The van der Waals surface area contributed by atoms with Crippen LogP contribution >= 0.6 is 0 Å². The Morgan fingerprint density at radius 3 is 2.79 bits per heavy atom. The van der Waals surface area contributed by atoms with Crippen molar-refractivity contribution < 1.29 is 9.90 Å². The van der Waals surface area contributed by atoms with Crippen molar-refractivity contribution in [1.82, 2.24) is 5.32 Å². The molecule has 104 valence electrons. The van der Waals surface area contributed by atoms with E-state index in [0.29, 0.717) is 12.6 Å². The fourth-order valence-electron chi connectivity index (χ4n) is 2.71. The van der Waals surface area contributed by atoms with Crippen molar-refractivity contribution in [3.63, 3.8) is 0 Å². The maximum Gasteiger partial charge on any atom is 0.322 e. The summed E-state index contributed by atoms with van der Waals surface area (Å²) in [6.45, 7) is 6.59. The maximum absolute atomic E-state index is 11.4. The summed E-state index contributed by atoms with van der Waals surface area (Å²) in [5.41, 5.74) is 2.48. The maximum atomic E-state index is 11.4. The first-order chi connectivity index (χ1) is 8.99. The Bertz CT molecular complexity index is 459. The first-order valence-electron chi connectivity index (χ1n) is 6.82. The Hall–Kier alpha value is -1.55. The zero-order chi connectivity index (χ0) is 14.0. The van der Waals surface area contributed by atoms with Gasteiger partial charge in [-0.3, -0.25) is 4.79 Å². The summed E-state index contributed by atoms with van der Waals surface area (Å²) in [6, 6.07) is 8.23. The fourth-order valence-corrected chi connectivity index (χ4v) is 2.71. The van der Waals surface area contributed by atoms with Gasteiger partial charge in [0.25, 0.3) is 0 Å². The first kappa shape index (κ1) is 13.9. The predicted octanol–water partition coefficient (Wildman–Crippen LogP) is 1.89. The Kier molecular flexibility index (Phi) is 4.10. The van der Waals surface area contributed by atoms with Crippen molar-refractivity contribution >= 4 is 11.7 Å². The molecule has 0 fully saturated rings. The second-order valence-corrected chi connectivity index (χ2v) is 5.55. The minimum absolute atomic E-state index is 0.161. The molecule has 1 aliphatic rings. The number of carboxylic acid groups (broad SMARTS) is 1. The Morgan fingerprint density at radius 1 is 1.47 bits per heavy atom. The van der Waals surface area contributed by atoms with E-state index in [2.05, 4.69) is 29.3 Å². The largest absolute Gasteiger partial charge is 0.480 e. The summed E-state index contributed by atoms with van der Waals surface area (Å²) >= 11 is 0. The highest BCUT2D eigenvalue weighted by Gasteiger charge is 2.30. The third-order valence-electron chi connectivity index (χ3n) is 3.56. The van der Waals surface area contributed by atoms with E-state index in [1.165, 1.54) is 11.3 Å². The standard InChI is InChI=1S/C15H22N2O2/c1-10(2)16-13(15(18)19)9-17-11(3)8-12-6-4-5-7-14(12)17/h4-7,10-11,13,16H,8-9H2,1-3H3,(H,18,19). The van der Waals surface area contributed by atoms with Crippen LogP contribution in [0.3, 0.4) is 0 Å². The van der Waals surface area contributed by atoms with Gasteiger partial charge in [-0.1, -0.05) is 32.0 Å². The van der Waals surface area contributed by atoms with E-state index in [0.717, 1.165) is 6.42 Å². The first-order valence-corrected chi connectivity index (χ1v) is 6.82. The number of nitrogens with one attached hydrogen (secondary N) is 1. The molecule has 4 nitrogen and oxygen atoms in total. The molecule has 0 radical (unpaired) electrons. The molecule has 2 unspecified atom stereocenters. The molecule has 0 saturated carbocycles. The van der Waals surface area contributed by atoms with Gasteiger partial charge in [-0.05, 0) is 25.0 Å². The van der Waals surface area contributed by atoms with Gasteiger partial charge in [0.1, 0.15) is 6.04 Å². The number of hydrogen-bond donors (Lipinski definition) is 2.